The number of anilines is 3. The summed E-state index contributed by atoms with van der Waals surface area (Å²) in [5, 5.41) is 4.12. The highest BCUT2D eigenvalue weighted by Crippen LogP contribution is 2.27. The summed E-state index contributed by atoms with van der Waals surface area (Å²) >= 11 is 6.41. The van der Waals surface area contributed by atoms with Gasteiger partial charge in [0.1, 0.15) is 5.39 Å². The molecule has 0 amide bonds. The van der Waals surface area contributed by atoms with Crippen LogP contribution in [-0.2, 0) is 0 Å². The van der Waals surface area contributed by atoms with E-state index in [1.165, 1.54) is 36.1 Å². The number of rotatable bonds is 4. The molecule has 2 aliphatic rings. The Morgan fingerprint density at radius 2 is 1.84 bits per heavy atom. The number of nitrogens with zero attached hydrogens (tertiary/aromatic N) is 7. The summed E-state index contributed by atoms with van der Waals surface area (Å²) in [6.07, 6.45) is 8.94. The molecular formula is C28H27ClN8O. The highest BCUT2D eigenvalue weighted by Gasteiger charge is 2.28. The van der Waals surface area contributed by atoms with Gasteiger partial charge in [0, 0.05) is 55.6 Å². The maximum Gasteiger partial charge on any atom is 0.270 e. The Morgan fingerprint density at radius 3 is 2.71 bits per heavy atom. The van der Waals surface area contributed by atoms with Gasteiger partial charge in [-0.3, -0.25) is 14.1 Å². The first kappa shape index (κ1) is 23.2. The second-order valence-electron chi connectivity index (χ2n) is 9.92. The van der Waals surface area contributed by atoms with Crippen LogP contribution < -0.4 is 15.8 Å². The Balaban J connectivity index is 1.18. The topological polar surface area (TPSA) is 83.6 Å². The van der Waals surface area contributed by atoms with Gasteiger partial charge in [0.25, 0.3) is 5.56 Å². The largest absolute Gasteiger partial charge is 0.369 e. The highest BCUT2D eigenvalue weighted by atomic mass is 35.5. The first-order chi connectivity index (χ1) is 18.7. The second kappa shape index (κ2) is 9.41. The van der Waals surface area contributed by atoms with Gasteiger partial charge in [0.2, 0.25) is 11.7 Å². The number of piperazine rings is 1. The lowest BCUT2D eigenvalue weighted by Crippen LogP contribution is -2.54. The lowest BCUT2D eigenvalue weighted by molar-refractivity contribution is 0.133. The summed E-state index contributed by atoms with van der Waals surface area (Å²) in [4.78, 5) is 32.2. The molecule has 1 N–H and O–H groups in total. The van der Waals surface area contributed by atoms with Crippen LogP contribution in [0.2, 0.25) is 5.02 Å². The standard InChI is InChI=1S/C28H27ClN8O/c29-23-6-1-2-7-24(23)37-26(38)22-17-31-27(33-25(22)36-14-12-30-28(36)37)32-19-8-10-20(11-9-19)35-16-15-34-13-4-3-5-21(34)18-35/h1-2,6-12,14,17,21H,3-5,13,15-16,18H2,(H,31,32,33). The summed E-state index contributed by atoms with van der Waals surface area (Å²) in [6.45, 7) is 4.53. The summed E-state index contributed by atoms with van der Waals surface area (Å²) in [7, 11) is 0. The van der Waals surface area contributed by atoms with E-state index in [0.29, 0.717) is 39.5 Å². The van der Waals surface area contributed by atoms with E-state index in [1.54, 1.807) is 35.1 Å². The smallest absolute Gasteiger partial charge is 0.270 e. The van der Waals surface area contributed by atoms with Gasteiger partial charge in [-0.15, -0.1) is 0 Å². The van der Waals surface area contributed by atoms with Crippen molar-refractivity contribution < 1.29 is 0 Å². The van der Waals surface area contributed by atoms with Crippen molar-refractivity contribution >= 4 is 45.7 Å². The van der Waals surface area contributed by atoms with Crippen LogP contribution >= 0.6 is 11.6 Å². The van der Waals surface area contributed by atoms with E-state index in [-0.39, 0.29) is 5.56 Å². The van der Waals surface area contributed by atoms with Crippen LogP contribution in [0.1, 0.15) is 19.3 Å². The Hall–Kier alpha value is -3.95. The fraction of sp³-hybridized carbons (Fsp3) is 0.286. The third kappa shape index (κ3) is 3.99. The van der Waals surface area contributed by atoms with Crippen LogP contribution in [0.25, 0.3) is 22.5 Å². The second-order valence-corrected chi connectivity index (χ2v) is 10.3. The van der Waals surface area contributed by atoms with Gasteiger partial charge in [0.05, 0.1) is 10.7 Å². The van der Waals surface area contributed by atoms with Crippen molar-refractivity contribution in [3.63, 3.8) is 0 Å². The molecule has 10 heteroatoms. The fourth-order valence-electron chi connectivity index (χ4n) is 5.73. The Labute approximate surface area is 224 Å². The van der Waals surface area contributed by atoms with Gasteiger partial charge in [-0.1, -0.05) is 30.2 Å². The summed E-state index contributed by atoms with van der Waals surface area (Å²) < 4.78 is 3.27. The zero-order valence-corrected chi connectivity index (χ0v) is 21.6. The Bertz CT molecular complexity index is 1700. The Morgan fingerprint density at radius 1 is 0.974 bits per heavy atom. The molecular weight excluding hydrogens is 500 g/mol. The average Bonchev–Trinajstić information content (AvgIpc) is 3.44. The van der Waals surface area contributed by atoms with Crippen LogP contribution in [0.5, 0.6) is 0 Å². The lowest BCUT2D eigenvalue weighted by atomic mass is 9.99. The zero-order valence-electron chi connectivity index (χ0n) is 20.8. The molecule has 5 heterocycles. The average molecular weight is 527 g/mol. The van der Waals surface area contributed by atoms with Crippen molar-refractivity contribution in [2.24, 2.45) is 0 Å². The third-order valence-electron chi connectivity index (χ3n) is 7.67. The monoisotopic (exact) mass is 526 g/mol. The van der Waals surface area contributed by atoms with Gasteiger partial charge >= 0.3 is 0 Å². The molecule has 5 aromatic rings. The number of para-hydroxylation sites is 1. The van der Waals surface area contributed by atoms with Crippen molar-refractivity contribution in [1.29, 1.82) is 0 Å². The molecule has 2 saturated heterocycles. The molecule has 0 aliphatic carbocycles. The molecule has 3 aromatic heterocycles. The number of piperidine rings is 1. The fourth-order valence-corrected chi connectivity index (χ4v) is 5.95. The van der Waals surface area contributed by atoms with Crippen LogP contribution in [0, 0.1) is 0 Å². The molecule has 9 nitrogen and oxygen atoms in total. The van der Waals surface area contributed by atoms with Crippen molar-refractivity contribution in [1.82, 2.24) is 28.8 Å². The van der Waals surface area contributed by atoms with E-state index < -0.39 is 0 Å². The highest BCUT2D eigenvalue weighted by molar-refractivity contribution is 6.32. The summed E-state index contributed by atoms with van der Waals surface area (Å²) in [5.74, 6) is 0.841. The zero-order chi connectivity index (χ0) is 25.6. The molecule has 0 spiro atoms. The van der Waals surface area contributed by atoms with Crippen LogP contribution in [0.3, 0.4) is 0 Å². The van der Waals surface area contributed by atoms with Crippen molar-refractivity contribution in [2.75, 3.05) is 36.4 Å². The molecule has 7 rings (SSSR count). The molecule has 0 bridgehead atoms. The number of hydrogen-bond acceptors (Lipinski definition) is 7. The maximum absolute atomic E-state index is 13.5. The number of aromatic nitrogens is 5. The normalized spacial score (nSPS) is 18.1. The first-order valence-electron chi connectivity index (χ1n) is 13.0. The van der Waals surface area contributed by atoms with Crippen molar-refractivity contribution in [3.05, 3.63) is 82.5 Å². The van der Waals surface area contributed by atoms with E-state index in [0.717, 1.165) is 25.3 Å². The predicted octanol–water partition coefficient (Wildman–Crippen LogP) is 4.50. The molecule has 38 heavy (non-hydrogen) atoms. The van der Waals surface area contributed by atoms with Gasteiger partial charge in [0.15, 0.2) is 5.65 Å². The lowest BCUT2D eigenvalue weighted by Gasteiger charge is -2.45. The SMILES string of the molecule is O=c1c2cnc(Nc3ccc(N4CCN5CCCCC5C4)cc3)nc2n2ccnc2n1-c1ccccc1Cl. The van der Waals surface area contributed by atoms with Gasteiger partial charge < -0.3 is 10.2 Å². The maximum atomic E-state index is 13.5. The molecule has 1 atom stereocenters. The van der Waals surface area contributed by atoms with Crippen LogP contribution in [0.15, 0.2) is 71.9 Å². The summed E-state index contributed by atoms with van der Waals surface area (Å²) in [5.41, 5.74) is 2.88. The van der Waals surface area contributed by atoms with Gasteiger partial charge in [-0.2, -0.15) is 4.98 Å². The Kier molecular flexibility index (Phi) is 5.74. The number of halogens is 1. The number of fused-ring (bicyclic) bond motifs is 4. The number of nitrogens with one attached hydrogen (secondary N) is 1. The summed E-state index contributed by atoms with van der Waals surface area (Å²) in [6, 6.07) is 16.3. The number of benzene rings is 2. The first-order valence-corrected chi connectivity index (χ1v) is 13.4. The quantitative estimate of drug-likeness (QED) is 0.369. The van der Waals surface area contributed by atoms with Gasteiger partial charge in [-0.25, -0.2) is 14.5 Å². The molecule has 2 aromatic carbocycles. The van der Waals surface area contributed by atoms with E-state index in [2.05, 4.69) is 54.3 Å². The molecule has 1 unspecified atom stereocenters. The molecule has 0 radical (unpaired) electrons. The van der Waals surface area contributed by atoms with E-state index in [9.17, 15) is 4.79 Å². The van der Waals surface area contributed by atoms with Gasteiger partial charge in [-0.05, 0) is 55.8 Å². The predicted molar refractivity (Wildman–Crippen MR) is 150 cm³/mol. The molecule has 192 valence electrons. The molecule has 2 fully saturated rings. The minimum absolute atomic E-state index is 0.277. The van der Waals surface area contributed by atoms with Crippen LogP contribution in [0.4, 0.5) is 17.3 Å². The number of imidazole rings is 1. The minimum Gasteiger partial charge on any atom is -0.369 e. The van der Waals surface area contributed by atoms with Crippen LogP contribution in [-0.4, -0.2) is 61.0 Å². The van der Waals surface area contributed by atoms with E-state index >= 15 is 0 Å². The number of hydrogen-bond donors (Lipinski definition) is 1. The molecule has 0 saturated carbocycles. The third-order valence-corrected chi connectivity index (χ3v) is 7.99. The minimum atomic E-state index is -0.277. The molecule has 2 aliphatic heterocycles. The van der Waals surface area contributed by atoms with E-state index in [1.807, 2.05) is 12.1 Å². The van der Waals surface area contributed by atoms with Crippen molar-refractivity contribution in [2.45, 2.75) is 25.3 Å². The van der Waals surface area contributed by atoms with E-state index in [4.69, 9.17) is 11.6 Å². The van der Waals surface area contributed by atoms with Crippen molar-refractivity contribution in [3.8, 4) is 5.69 Å².